The molecule has 0 aliphatic heterocycles. The van der Waals surface area contributed by atoms with Crippen molar-refractivity contribution in [1.29, 1.82) is 0 Å². The van der Waals surface area contributed by atoms with Crippen LogP contribution in [0.25, 0.3) is 11.0 Å². The van der Waals surface area contributed by atoms with Gasteiger partial charge >= 0.3 is 5.63 Å². The third kappa shape index (κ3) is 3.37. The minimum atomic E-state index is -0.401. The number of carbonyl (C=O) groups is 1. The molecule has 0 spiro atoms. The second-order valence-corrected chi connectivity index (χ2v) is 6.69. The summed E-state index contributed by atoms with van der Waals surface area (Å²) in [6, 6.07) is 6.80. The van der Waals surface area contributed by atoms with Crippen LogP contribution in [0.5, 0.6) is 0 Å². The number of amides is 1. The Morgan fingerprint density at radius 1 is 1.41 bits per heavy atom. The molecule has 5 nitrogen and oxygen atoms in total. The Hall–Kier alpha value is -2.12. The van der Waals surface area contributed by atoms with Crippen molar-refractivity contribution >= 4 is 45.7 Å². The fraction of sp³-hybridized carbons (Fsp3) is 0.133. The number of hydrogen-bond acceptors (Lipinski definition) is 6. The summed E-state index contributed by atoms with van der Waals surface area (Å²) < 4.78 is 6.19. The molecule has 112 valence electrons. The van der Waals surface area contributed by atoms with Crippen LogP contribution in [0.4, 0.5) is 5.69 Å². The largest absolute Gasteiger partial charge is 0.423 e. The lowest BCUT2D eigenvalue weighted by Crippen LogP contribution is -2.06. The van der Waals surface area contributed by atoms with Crippen LogP contribution in [0.15, 0.2) is 49.4 Å². The molecule has 0 radical (unpaired) electrons. The van der Waals surface area contributed by atoms with Crippen molar-refractivity contribution in [3.05, 3.63) is 51.8 Å². The van der Waals surface area contributed by atoms with E-state index < -0.39 is 5.63 Å². The van der Waals surface area contributed by atoms with Crippen molar-refractivity contribution in [2.75, 3.05) is 5.32 Å². The van der Waals surface area contributed by atoms with Crippen LogP contribution in [0.3, 0.4) is 0 Å². The topological polar surface area (TPSA) is 72.2 Å². The zero-order valence-corrected chi connectivity index (χ0v) is 13.3. The highest BCUT2D eigenvalue weighted by Crippen LogP contribution is 2.28. The van der Waals surface area contributed by atoms with E-state index in [0.717, 1.165) is 15.3 Å². The van der Waals surface area contributed by atoms with Gasteiger partial charge in [-0.3, -0.25) is 4.79 Å². The molecule has 3 rings (SSSR count). The lowest BCUT2D eigenvalue weighted by atomic mass is 10.1. The van der Waals surface area contributed by atoms with Gasteiger partial charge in [0.25, 0.3) is 0 Å². The number of rotatable bonds is 4. The van der Waals surface area contributed by atoms with E-state index in [4.69, 9.17) is 4.42 Å². The average Bonchev–Trinajstić information content (AvgIpc) is 2.96. The van der Waals surface area contributed by atoms with Crippen molar-refractivity contribution < 1.29 is 9.21 Å². The molecular formula is C15H12N2O3S2. The third-order valence-electron chi connectivity index (χ3n) is 2.91. The molecule has 0 saturated heterocycles. The molecule has 0 aliphatic carbocycles. The lowest BCUT2D eigenvalue weighted by molar-refractivity contribution is -0.114. The number of thioether (sulfide) groups is 1. The molecule has 0 bridgehead atoms. The predicted molar refractivity (Wildman–Crippen MR) is 88.5 cm³/mol. The average molecular weight is 332 g/mol. The Morgan fingerprint density at radius 2 is 2.27 bits per heavy atom. The minimum absolute atomic E-state index is 0.169. The molecule has 0 atom stereocenters. The Labute approximate surface area is 134 Å². The first-order chi connectivity index (χ1) is 10.6. The van der Waals surface area contributed by atoms with E-state index in [-0.39, 0.29) is 5.91 Å². The molecule has 7 heteroatoms. The van der Waals surface area contributed by atoms with Crippen LogP contribution in [-0.2, 0) is 10.5 Å². The van der Waals surface area contributed by atoms with Crippen LogP contribution in [0.2, 0.25) is 0 Å². The van der Waals surface area contributed by atoms with E-state index in [0.29, 0.717) is 17.0 Å². The van der Waals surface area contributed by atoms with E-state index in [1.54, 1.807) is 41.4 Å². The summed E-state index contributed by atoms with van der Waals surface area (Å²) in [6.07, 6.45) is 1.75. The van der Waals surface area contributed by atoms with Gasteiger partial charge in [0.05, 0.1) is 0 Å². The number of carbonyl (C=O) groups excluding carboxylic acids is 1. The fourth-order valence-corrected chi connectivity index (χ4v) is 3.68. The van der Waals surface area contributed by atoms with Crippen LogP contribution in [0.1, 0.15) is 12.5 Å². The Balaban J connectivity index is 1.95. The zero-order valence-electron chi connectivity index (χ0n) is 11.7. The third-order valence-corrected chi connectivity index (χ3v) is 4.93. The number of fused-ring (bicyclic) bond motifs is 1. The van der Waals surface area contributed by atoms with Gasteiger partial charge in [-0.1, -0.05) is 11.8 Å². The first-order valence-corrected chi connectivity index (χ1v) is 8.35. The van der Waals surface area contributed by atoms with Crippen molar-refractivity contribution in [3.63, 3.8) is 0 Å². The summed E-state index contributed by atoms with van der Waals surface area (Å²) in [5, 5.41) is 5.45. The van der Waals surface area contributed by atoms with Crippen molar-refractivity contribution in [2.24, 2.45) is 0 Å². The number of aromatic nitrogens is 1. The van der Waals surface area contributed by atoms with E-state index in [1.165, 1.54) is 13.0 Å². The summed E-state index contributed by atoms with van der Waals surface area (Å²) in [7, 11) is 0. The standard InChI is InChI=1S/C15H12N2O3S2/c1-9(18)17-11-2-3-12-10(6-14(19)20-13(12)7-11)8-22-15-16-4-5-21-15/h2-7H,8H2,1H3,(H,17,18). The molecule has 2 heterocycles. The van der Waals surface area contributed by atoms with E-state index in [1.807, 2.05) is 11.4 Å². The van der Waals surface area contributed by atoms with Gasteiger partial charge in [-0.05, 0) is 17.7 Å². The number of anilines is 1. The van der Waals surface area contributed by atoms with Gasteiger partial charge in [0, 0.05) is 47.5 Å². The van der Waals surface area contributed by atoms with Crippen molar-refractivity contribution in [3.8, 4) is 0 Å². The molecule has 0 fully saturated rings. The Kier molecular flexibility index (Phi) is 4.26. The van der Waals surface area contributed by atoms with Gasteiger partial charge in [0.15, 0.2) is 0 Å². The van der Waals surface area contributed by atoms with Gasteiger partial charge in [-0.15, -0.1) is 11.3 Å². The van der Waals surface area contributed by atoms with Gasteiger partial charge < -0.3 is 9.73 Å². The second kappa shape index (κ2) is 6.33. The fourth-order valence-electron chi connectivity index (χ4n) is 2.05. The highest BCUT2D eigenvalue weighted by molar-refractivity contribution is 8.00. The highest BCUT2D eigenvalue weighted by Gasteiger charge is 2.08. The number of nitrogens with zero attached hydrogens (tertiary/aromatic N) is 1. The van der Waals surface area contributed by atoms with E-state index in [9.17, 15) is 9.59 Å². The quantitative estimate of drug-likeness (QED) is 0.585. The lowest BCUT2D eigenvalue weighted by Gasteiger charge is -2.07. The zero-order chi connectivity index (χ0) is 15.5. The molecule has 0 unspecified atom stereocenters. The first kappa shape index (κ1) is 14.8. The number of thiazole rings is 1. The molecule has 1 N–H and O–H groups in total. The Bertz CT molecular complexity index is 872. The minimum Gasteiger partial charge on any atom is -0.423 e. The van der Waals surface area contributed by atoms with Crippen LogP contribution >= 0.6 is 23.1 Å². The van der Waals surface area contributed by atoms with Crippen LogP contribution in [-0.4, -0.2) is 10.9 Å². The number of hydrogen-bond donors (Lipinski definition) is 1. The van der Waals surface area contributed by atoms with Gasteiger partial charge in [-0.25, -0.2) is 9.78 Å². The number of benzene rings is 1. The molecule has 2 aromatic heterocycles. The second-order valence-electron chi connectivity index (χ2n) is 4.57. The molecule has 0 saturated carbocycles. The highest BCUT2D eigenvalue weighted by atomic mass is 32.2. The summed E-state index contributed by atoms with van der Waals surface area (Å²) >= 11 is 3.14. The van der Waals surface area contributed by atoms with Crippen molar-refractivity contribution in [2.45, 2.75) is 17.0 Å². The van der Waals surface area contributed by atoms with Crippen LogP contribution < -0.4 is 10.9 Å². The maximum atomic E-state index is 11.7. The van der Waals surface area contributed by atoms with Crippen LogP contribution in [0, 0.1) is 0 Å². The SMILES string of the molecule is CC(=O)Nc1ccc2c(CSc3nccs3)cc(=O)oc2c1. The van der Waals surface area contributed by atoms with Gasteiger partial charge in [-0.2, -0.15) is 0 Å². The maximum absolute atomic E-state index is 11.7. The Morgan fingerprint density at radius 3 is 3.00 bits per heavy atom. The normalized spacial score (nSPS) is 10.8. The summed E-state index contributed by atoms with van der Waals surface area (Å²) in [5.74, 6) is 0.465. The molecule has 1 aromatic carbocycles. The summed E-state index contributed by atoms with van der Waals surface area (Å²) in [5.41, 5.74) is 1.56. The smallest absolute Gasteiger partial charge is 0.336 e. The predicted octanol–water partition coefficient (Wildman–Crippen LogP) is 3.50. The van der Waals surface area contributed by atoms with Gasteiger partial charge in [0.1, 0.15) is 9.92 Å². The number of nitrogens with one attached hydrogen (secondary N) is 1. The van der Waals surface area contributed by atoms with Crippen molar-refractivity contribution in [1.82, 2.24) is 4.98 Å². The first-order valence-electron chi connectivity index (χ1n) is 6.48. The summed E-state index contributed by atoms with van der Waals surface area (Å²) in [4.78, 5) is 27.0. The molecular weight excluding hydrogens is 320 g/mol. The molecule has 3 aromatic rings. The monoisotopic (exact) mass is 332 g/mol. The van der Waals surface area contributed by atoms with E-state index in [2.05, 4.69) is 10.3 Å². The van der Waals surface area contributed by atoms with E-state index >= 15 is 0 Å². The molecule has 22 heavy (non-hydrogen) atoms. The summed E-state index contributed by atoms with van der Waals surface area (Å²) in [6.45, 7) is 1.43. The maximum Gasteiger partial charge on any atom is 0.336 e. The molecule has 1 amide bonds. The van der Waals surface area contributed by atoms with Gasteiger partial charge in [0.2, 0.25) is 5.91 Å². The molecule has 0 aliphatic rings.